The van der Waals surface area contributed by atoms with Crippen molar-refractivity contribution in [1.29, 1.82) is 0 Å². The summed E-state index contributed by atoms with van der Waals surface area (Å²) in [6.45, 7) is 0. The van der Waals surface area contributed by atoms with Gasteiger partial charge in [-0.3, -0.25) is 0 Å². The first-order valence-electron chi connectivity index (χ1n) is 4.22. The molecule has 72 valence electrons. The summed E-state index contributed by atoms with van der Waals surface area (Å²) in [6.07, 6.45) is 0. The van der Waals surface area contributed by atoms with E-state index in [0.29, 0.717) is 0 Å². The summed E-state index contributed by atoms with van der Waals surface area (Å²) in [5.74, 6) is 1.27. The monoisotopic (exact) mass is 264 g/mol. The third-order valence-electron chi connectivity index (χ3n) is 1.37. The van der Waals surface area contributed by atoms with E-state index in [1.54, 1.807) is 0 Å². The Morgan fingerprint density at radius 3 is 2.62 bits per heavy atom. The van der Waals surface area contributed by atoms with Crippen molar-refractivity contribution in [2.45, 2.75) is 10.9 Å². The van der Waals surface area contributed by atoms with Gasteiger partial charge in [-0.05, 0) is 17.9 Å². The molecule has 0 bridgehead atoms. The molecule has 0 aliphatic carbocycles. The zero-order chi connectivity index (χ0) is 9.52. The maximum atomic E-state index is 5.43. The van der Waals surface area contributed by atoms with Crippen LogP contribution >= 0.6 is 27.9 Å². The molecule has 0 aromatic heterocycles. The summed E-state index contributed by atoms with van der Waals surface area (Å²) in [5, 5.41) is -0.666. The fraction of sp³-hybridized carbons (Fsp3) is 0.250. The lowest BCUT2D eigenvalue weighted by Gasteiger charge is -2.02. The first-order valence-corrected chi connectivity index (χ1v) is 11.5. The summed E-state index contributed by atoms with van der Waals surface area (Å²) in [7, 11) is 1.31. The van der Waals surface area contributed by atoms with Crippen LogP contribution in [0.3, 0.4) is 0 Å². The van der Waals surface area contributed by atoms with Crippen molar-refractivity contribution in [3.63, 3.8) is 0 Å². The molecule has 0 radical (unpaired) electrons. The van der Waals surface area contributed by atoms with Crippen LogP contribution in [0.15, 0.2) is 35.2 Å². The van der Waals surface area contributed by atoms with Crippen molar-refractivity contribution in [2.24, 2.45) is 0 Å². The normalized spacial score (nSPS) is 12.9. The molecule has 13 heavy (non-hydrogen) atoms. The van der Waals surface area contributed by atoms with Crippen molar-refractivity contribution in [2.75, 3.05) is 5.75 Å². The van der Waals surface area contributed by atoms with Gasteiger partial charge in [0.25, 0.3) is 0 Å². The molecular formula is C8H13PS3Si. The topological polar surface area (TPSA) is 0 Å². The molecule has 0 aliphatic heterocycles. The SMILES string of the molecule is [SiH3]CCS[PH](=S)Sc1ccccc1. The van der Waals surface area contributed by atoms with Gasteiger partial charge in [0.1, 0.15) is 0 Å². The molecule has 1 unspecified atom stereocenters. The number of hydrogen-bond acceptors (Lipinski definition) is 3. The Labute approximate surface area is 96.6 Å². The molecule has 0 fully saturated rings. The van der Waals surface area contributed by atoms with Gasteiger partial charge in [-0.1, -0.05) is 47.4 Å². The molecule has 5 heteroatoms. The maximum absolute atomic E-state index is 5.43. The highest BCUT2D eigenvalue weighted by molar-refractivity contribution is 8.94. The molecule has 1 aromatic rings. The molecule has 1 rings (SSSR count). The van der Waals surface area contributed by atoms with Crippen LogP contribution in [0, 0.1) is 0 Å². The van der Waals surface area contributed by atoms with E-state index in [0.717, 1.165) is 0 Å². The Bertz CT molecular complexity index is 265. The Morgan fingerprint density at radius 2 is 2.00 bits per heavy atom. The van der Waals surface area contributed by atoms with E-state index in [-0.39, 0.29) is 0 Å². The van der Waals surface area contributed by atoms with Gasteiger partial charge >= 0.3 is 0 Å². The van der Waals surface area contributed by atoms with Gasteiger partial charge in [-0.25, -0.2) is 0 Å². The molecule has 0 saturated carbocycles. The molecule has 0 heterocycles. The fourth-order valence-electron chi connectivity index (χ4n) is 0.800. The minimum atomic E-state index is -0.666. The van der Waals surface area contributed by atoms with Gasteiger partial charge in [0.05, 0.1) is 0 Å². The van der Waals surface area contributed by atoms with Gasteiger partial charge in [0.15, 0.2) is 0 Å². The Balaban J connectivity index is 2.37. The first kappa shape index (κ1) is 11.9. The molecule has 0 aliphatic rings. The quantitative estimate of drug-likeness (QED) is 0.593. The van der Waals surface area contributed by atoms with Crippen molar-refractivity contribution < 1.29 is 0 Å². The van der Waals surface area contributed by atoms with Gasteiger partial charge in [0, 0.05) is 20.2 Å². The van der Waals surface area contributed by atoms with Crippen molar-refractivity contribution in [1.82, 2.24) is 0 Å². The molecular weight excluding hydrogens is 251 g/mol. The molecule has 0 amide bonds. The van der Waals surface area contributed by atoms with E-state index in [9.17, 15) is 0 Å². The second kappa shape index (κ2) is 7.13. The Morgan fingerprint density at radius 1 is 1.31 bits per heavy atom. The van der Waals surface area contributed by atoms with Gasteiger partial charge in [0.2, 0.25) is 0 Å². The van der Waals surface area contributed by atoms with Crippen LogP contribution in [-0.4, -0.2) is 16.0 Å². The minimum absolute atomic E-state index is 0.666. The first-order chi connectivity index (χ1) is 6.33. The molecule has 1 atom stereocenters. The van der Waals surface area contributed by atoms with Crippen molar-refractivity contribution in [3.8, 4) is 0 Å². The van der Waals surface area contributed by atoms with E-state index >= 15 is 0 Å². The Kier molecular flexibility index (Phi) is 6.50. The highest BCUT2D eigenvalue weighted by Gasteiger charge is 1.97. The average molecular weight is 264 g/mol. The molecule has 0 nitrogen and oxygen atoms in total. The van der Waals surface area contributed by atoms with E-state index in [1.165, 1.54) is 26.9 Å². The number of hydrogen-bond donors (Lipinski definition) is 0. The maximum Gasteiger partial charge on any atom is 0.0499 e. The van der Waals surface area contributed by atoms with E-state index < -0.39 is 5.10 Å². The van der Waals surface area contributed by atoms with Crippen LogP contribution in [0.25, 0.3) is 0 Å². The van der Waals surface area contributed by atoms with E-state index in [2.05, 4.69) is 24.3 Å². The molecule has 0 N–H and O–H groups in total. The van der Waals surface area contributed by atoms with E-state index in [4.69, 9.17) is 11.8 Å². The lowest BCUT2D eigenvalue weighted by molar-refractivity contribution is 1.48. The summed E-state index contributed by atoms with van der Waals surface area (Å²) in [4.78, 5) is 1.33. The fourth-order valence-corrected chi connectivity index (χ4v) is 9.59. The Hall–Kier alpha value is 0.787. The molecule has 0 spiro atoms. The van der Waals surface area contributed by atoms with Crippen LogP contribution in [0.4, 0.5) is 0 Å². The highest BCUT2D eigenvalue weighted by Crippen LogP contribution is 2.54. The van der Waals surface area contributed by atoms with Gasteiger partial charge in [-0.2, -0.15) is 0 Å². The summed E-state index contributed by atoms with van der Waals surface area (Å²) >= 11 is 9.29. The third kappa shape index (κ3) is 5.28. The van der Waals surface area contributed by atoms with Crippen LogP contribution in [0.1, 0.15) is 0 Å². The predicted molar refractivity (Wildman–Crippen MR) is 75.2 cm³/mol. The predicted octanol–water partition coefficient (Wildman–Crippen LogP) is 2.80. The van der Waals surface area contributed by atoms with Crippen LogP contribution < -0.4 is 0 Å². The van der Waals surface area contributed by atoms with E-state index in [1.807, 2.05) is 28.8 Å². The minimum Gasteiger partial charge on any atom is -0.117 e. The number of benzene rings is 1. The lowest BCUT2D eigenvalue weighted by atomic mass is 10.4. The number of rotatable bonds is 5. The second-order valence-electron chi connectivity index (χ2n) is 2.51. The van der Waals surface area contributed by atoms with Gasteiger partial charge < -0.3 is 0 Å². The smallest absolute Gasteiger partial charge is 0.0499 e. The van der Waals surface area contributed by atoms with Crippen LogP contribution in [0.5, 0.6) is 0 Å². The van der Waals surface area contributed by atoms with Crippen molar-refractivity contribution in [3.05, 3.63) is 30.3 Å². The van der Waals surface area contributed by atoms with Crippen molar-refractivity contribution >= 4 is 49.9 Å². The standard InChI is InChI=1S/C8H13PS3Si/c10-9(11-6-7-13)12-8-4-2-1-3-5-8/h1-5,9H,6-7H2,13H3. The summed E-state index contributed by atoms with van der Waals surface area (Å²) in [6, 6.07) is 11.8. The average Bonchev–Trinajstić information content (AvgIpc) is 2.16. The molecule has 1 aromatic carbocycles. The second-order valence-corrected chi connectivity index (χ2v) is 12.9. The zero-order valence-electron chi connectivity index (χ0n) is 7.53. The molecule has 0 saturated heterocycles. The van der Waals surface area contributed by atoms with Crippen LogP contribution in [-0.2, 0) is 11.8 Å². The third-order valence-corrected chi connectivity index (χ3v) is 10.3. The lowest BCUT2D eigenvalue weighted by Crippen LogP contribution is -1.69. The zero-order valence-corrected chi connectivity index (χ0v) is 13.0. The van der Waals surface area contributed by atoms with Gasteiger partial charge in [-0.15, -0.1) is 11.4 Å². The summed E-state index contributed by atoms with van der Waals surface area (Å²) < 4.78 is 0. The van der Waals surface area contributed by atoms with Crippen LogP contribution in [0.2, 0.25) is 6.04 Å². The largest absolute Gasteiger partial charge is 0.117 e. The highest BCUT2D eigenvalue weighted by atomic mass is 33.2. The summed E-state index contributed by atoms with van der Waals surface area (Å²) in [5.41, 5.74) is 0.